The van der Waals surface area contributed by atoms with Gasteiger partial charge in [0, 0.05) is 31.4 Å². The van der Waals surface area contributed by atoms with Crippen molar-refractivity contribution in [3.63, 3.8) is 0 Å². The lowest BCUT2D eigenvalue weighted by Gasteiger charge is -2.27. The van der Waals surface area contributed by atoms with E-state index in [2.05, 4.69) is 10.3 Å². The van der Waals surface area contributed by atoms with E-state index in [-0.39, 0.29) is 5.91 Å². The molecular formula is C22H21N3O4. The van der Waals surface area contributed by atoms with Crippen molar-refractivity contribution in [3.05, 3.63) is 83.4 Å². The summed E-state index contributed by atoms with van der Waals surface area (Å²) in [6, 6.07) is 14.0. The summed E-state index contributed by atoms with van der Waals surface area (Å²) in [6.45, 7) is 0. The van der Waals surface area contributed by atoms with Crippen molar-refractivity contribution >= 4 is 11.9 Å². The Balaban J connectivity index is 1.64. The van der Waals surface area contributed by atoms with Crippen molar-refractivity contribution in [2.45, 2.75) is 18.6 Å². The monoisotopic (exact) mass is 391 g/mol. The molecule has 0 spiro atoms. The third-order valence-electron chi connectivity index (χ3n) is 5.04. The molecule has 4 rings (SSSR count). The number of fused-ring (bicyclic) bond motifs is 1. The quantitative estimate of drug-likeness (QED) is 0.676. The van der Waals surface area contributed by atoms with E-state index in [9.17, 15) is 9.59 Å². The number of methoxy groups -OCH3 is 1. The number of aryl methyl sites for hydroxylation is 1. The second-order valence-corrected chi connectivity index (χ2v) is 6.84. The average molecular weight is 391 g/mol. The van der Waals surface area contributed by atoms with Crippen LogP contribution in [-0.2, 0) is 23.0 Å². The van der Waals surface area contributed by atoms with Gasteiger partial charge in [-0.25, -0.2) is 9.78 Å². The Kier molecular flexibility index (Phi) is 5.03. The van der Waals surface area contributed by atoms with Crippen molar-refractivity contribution in [1.82, 2.24) is 14.9 Å². The number of imidazole rings is 1. The molecule has 0 aliphatic carbocycles. The SMILES string of the molecule is COc1ccccc1C(NC(=O)C1Cc2ccccc2C(=O)O1)c1nccn1C. The molecule has 1 aliphatic rings. The first-order valence-corrected chi connectivity index (χ1v) is 9.28. The van der Waals surface area contributed by atoms with Gasteiger partial charge in [0.15, 0.2) is 6.10 Å². The highest BCUT2D eigenvalue weighted by atomic mass is 16.5. The number of carbonyl (C=O) groups is 2. The van der Waals surface area contributed by atoms with Gasteiger partial charge in [-0.3, -0.25) is 4.79 Å². The second-order valence-electron chi connectivity index (χ2n) is 6.84. The van der Waals surface area contributed by atoms with Crippen LogP contribution < -0.4 is 10.1 Å². The number of ether oxygens (including phenoxy) is 2. The number of hydrogen-bond donors (Lipinski definition) is 1. The predicted octanol–water partition coefficient (Wildman–Crippen LogP) is 2.42. The molecule has 0 fully saturated rings. The molecule has 7 nitrogen and oxygen atoms in total. The van der Waals surface area contributed by atoms with Gasteiger partial charge in [0.2, 0.25) is 0 Å². The Morgan fingerprint density at radius 3 is 2.76 bits per heavy atom. The second kappa shape index (κ2) is 7.79. The minimum atomic E-state index is -0.908. The van der Waals surface area contributed by atoms with Crippen LogP contribution in [0.3, 0.4) is 0 Å². The van der Waals surface area contributed by atoms with E-state index in [4.69, 9.17) is 9.47 Å². The molecule has 0 bridgehead atoms. The number of nitrogens with zero attached hydrogens (tertiary/aromatic N) is 2. The van der Waals surface area contributed by atoms with Crippen LogP contribution in [0.15, 0.2) is 60.9 Å². The first-order chi connectivity index (χ1) is 14.1. The van der Waals surface area contributed by atoms with Crippen molar-refractivity contribution in [1.29, 1.82) is 0 Å². The van der Waals surface area contributed by atoms with E-state index in [0.29, 0.717) is 23.6 Å². The highest BCUT2D eigenvalue weighted by molar-refractivity contribution is 5.95. The molecule has 2 heterocycles. The minimum Gasteiger partial charge on any atom is -0.496 e. The number of amides is 1. The van der Waals surface area contributed by atoms with Crippen LogP contribution in [0.2, 0.25) is 0 Å². The Labute approximate surface area is 168 Å². The van der Waals surface area contributed by atoms with E-state index in [1.165, 1.54) is 0 Å². The molecular weight excluding hydrogens is 370 g/mol. The van der Waals surface area contributed by atoms with Crippen LogP contribution in [0.5, 0.6) is 5.75 Å². The standard InChI is InChI=1S/C22H21N3O4/c1-25-12-11-23-20(25)19(16-9-5-6-10-17(16)28-2)24-21(26)18-13-14-7-3-4-8-15(14)22(27)29-18/h3-12,18-19H,13H2,1-2H3,(H,24,26). The van der Waals surface area contributed by atoms with Crippen molar-refractivity contribution < 1.29 is 19.1 Å². The van der Waals surface area contributed by atoms with Gasteiger partial charge in [-0.15, -0.1) is 0 Å². The van der Waals surface area contributed by atoms with Gasteiger partial charge in [0.1, 0.15) is 17.6 Å². The number of carbonyl (C=O) groups excluding carboxylic acids is 2. The lowest BCUT2D eigenvalue weighted by molar-refractivity contribution is -0.130. The summed E-state index contributed by atoms with van der Waals surface area (Å²) in [5.41, 5.74) is 2.07. The first kappa shape index (κ1) is 18.7. The summed E-state index contributed by atoms with van der Waals surface area (Å²) in [5.74, 6) is 0.404. The van der Waals surface area contributed by atoms with Crippen molar-refractivity contribution in [3.8, 4) is 5.75 Å². The zero-order chi connectivity index (χ0) is 20.4. The molecule has 1 amide bonds. The summed E-state index contributed by atoms with van der Waals surface area (Å²) >= 11 is 0. The number of cyclic esters (lactones) is 1. The Hall–Kier alpha value is -3.61. The molecule has 1 N–H and O–H groups in total. The molecule has 1 aromatic heterocycles. The summed E-state index contributed by atoms with van der Waals surface area (Å²) in [7, 11) is 3.43. The number of para-hydroxylation sites is 1. The van der Waals surface area contributed by atoms with Crippen LogP contribution >= 0.6 is 0 Å². The maximum absolute atomic E-state index is 13.1. The molecule has 29 heavy (non-hydrogen) atoms. The van der Waals surface area contributed by atoms with Crippen LogP contribution in [0, 0.1) is 0 Å². The number of benzene rings is 2. The summed E-state index contributed by atoms with van der Waals surface area (Å²) in [6.07, 6.45) is 2.89. The predicted molar refractivity (Wildman–Crippen MR) is 106 cm³/mol. The van der Waals surface area contributed by atoms with Gasteiger partial charge in [-0.2, -0.15) is 0 Å². The molecule has 1 aliphatic heterocycles. The zero-order valence-corrected chi connectivity index (χ0v) is 16.2. The third kappa shape index (κ3) is 3.59. The van der Waals surface area contributed by atoms with Crippen LogP contribution in [-0.4, -0.2) is 34.6 Å². The lowest BCUT2D eigenvalue weighted by Crippen LogP contribution is -2.44. The highest BCUT2D eigenvalue weighted by Crippen LogP contribution is 2.30. The van der Waals surface area contributed by atoms with E-state index in [1.807, 2.05) is 48.0 Å². The molecule has 7 heteroatoms. The third-order valence-corrected chi connectivity index (χ3v) is 5.04. The van der Waals surface area contributed by atoms with E-state index < -0.39 is 18.1 Å². The van der Waals surface area contributed by atoms with Crippen LogP contribution in [0.1, 0.15) is 33.4 Å². The van der Waals surface area contributed by atoms with Gasteiger partial charge >= 0.3 is 5.97 Å². The fourth-order valence-electron chi connectivity index (χ4n) is 3.55. The van der Waals surface area contributed by atoms with Gasteiger partial charge in [0.25, 0.3) is 5.91 Å². The summed E-state index contributed by atoms with van der Waals surface area (Å²) in [4.78, 5) is 29.8. The molecule has 0 saturated carbocycles. The van der Waals surface area contributed by atoms with Crippen molar-refractivity contribution in [2.75, 3.05) is 7.11 Å². The van der Waals surface area contributed by atoms with Gasteiger partial charge in [-0.05, 0) is 17.7 Å². The fraction of sp³-hybridized carbons (Fsp3) is 0.227. The average Bonchev–Trinajstić information content (AvgIpc) is 3.17. The molecule has 0 saturated heterocycles. The zero-order valence-electron chi connectivity index (χ0n) is 16.2. The van der Waals surface area contributed by atoms with Gasteiger partial charge in [-0.1, -0.05) is 36.4 Å². The van der Waals surface area contributed by atoms with Gasteiger partial charge < -0.3 is 19.4 Å². The Bertz CT molecular complexity index is 1060. The summed E-state index contributed by atoms with van der Waals surface area (Å²) < 4.78 is 12.7. The first-order valence-electron chi connectivity index (χ1n) is 9.28. The molecule has 3 aromatic rings. The normalized spacial score (nSPS) is 16.5. The fourth-order valence-corrected chi connectivity index (χ4v) is 3.55. The molecule has 2 unspecified atom stereocenters. The molecule has 2 atom stereocenters. The maximum Gasteiger partial charge on any atom is 0.339 e. The van der Waals surface area contributed by atoms with Crippen LogP contribution in [0.4, 0.5) is 0 Å². The maximum atomic E-state index is 13.1. The lowest BCUT2D eigenvalue weighted by atomic mass is 9.97. The summed E-state index contributed by atoms with van der Waals surface area (Å²) in [5, 5.41) is 2.99. The molecule has 2 aromatic carbocycles. The van der Waals surface area contributed by atoms with Crippen molar-refractivity contribution in [2.24, 2.45) is 7.05 Å². The minimum absolute atomic E-state index is 0.326. The number of hydrogen-bond acceptors (Lipinski definition) is 5. The van der Waals surface area contributed by atoms with Crippen LogP contribution in [0.25, 0.3) is 0 Å². The largest absolute Gasteiger partial charge is 0.496 e. The smallest absolute Gasteiger partial charge is 0.339 e. The Morgan fingerprint density at radius 1 is 1.24 bits per heavy atom. The molecule has 0 radical (unpaired) electrons. The molecule has 148 valence electrons. The van der Waals surface area contributed by atoms with E-state index in [1.54, 1.807) is 31.6 Å². The number of nitrogens with one attached hydrogen (secondary N) is 1. The Morgan fingerprint density at radius 2 is 2.00 bits per heavy atom. The van der Waals surface area contributed by atoms with E-state index in [0.717, 1.165) is 11.1 Å². The number of aromatic nitrogens is 2. The van der Waals surface area contributed by atoms with E-state index >= 15 is 0 Å². The number of rotatable bonds is 5. The number of esters is 1. The highest BCUT2D eigenvalue weighted by Gasteiger charge is 2.33. The topological polar surface area (TPSA) is 82.4 Å². The van der Waals surface area contributed by atoms with Gasteiger partial charge in [0.05, 0.1) is 12.7 Å².